The molecule has 0 atom stereocenters. The molecule has 0 aliphatic rings. The van der Waals surface area contributed by atoms with Gasteiger partial charge in [-0.15, -0.1) is 4.91 Å². The Morgan fingerprint density at radius 3 is 2.21 bits per heavy atom. The number of carbonyl (C=O) groups excluding carboxylic acids is 2. The molecular formula is C20H14N2O6. The first kappa shape index (κ1) is 17.5. The van der Waals surface area contributed by atoms with E-state index >= 15 is 0 Å². The van der Waals surface area contributed by atoms with Gasteiger partial charge in [0.15, 0.2) is 0 Å². The number of aromatic nitrogens is 1. The summed E-state index contributed by atoms with van der Waals surface area (Å²) in [5, 5.41) is 14.0. The van der Waals surface area contributed by atoms with Crippen molar-refractivity contribution in [3.05, 3.63) is 76.0 Å². The van der Waals surface area contributed by atoms with Crippen LogP contribution in [0.2, 0.25) is 0 Å². The van der Waals surface area contributed by atoms with Crippen LogP contribution in [-0.2, 0) is 0 Å². The van der Waals surface area contributed by atoms with Crippen LogP contribution in [0.25, 0.3) is 10.9 Å². The molecule has 0 unspecified atom stereocenters. The molecule has 3 aromatic heterocycles. The van der Waals surface area contributed by atoms with Gasteiger partial charge in [0, 0.05) is 5.39 Å². The Hall–Kier alpha value is -3.94. The van der Waals surface area contributed by atoms with Crippen LogP contribution in [0.15, 0.2) is 56.9 Å². The van der Waals surface area contributed by atoms with Gasteiger partial charge in [-0.25, -0.2) is 4.57 Å². The third kappa shape index (κ3) is 2.46. The fourth-order valence-corrected chi connectivity index (χ4v) is 3.23. The maximum Gasteiger partial charge on any atom is 0.268 e. The molecule has 1 N–H and O–H groups in total. The Balaban J connectivity index is 2.02. The van der Waals surface area contributed by atoms with Gasteiger partial charge in [0.05, 0.1) is 34.7 Å². The van der Waals surface area contributed by atoms with Crippen molar-refractivity contribution in [2.75, 3.05) is 0 Å². The van der Waals surface area contributed by atoms with E-state index in [-0.39, 0.29) is 27.9 Å². The van der Waals surface area contributed by atoms with Crippen LogP contribution in [0, 0.1) is 18.8 Å². The zero-order chi connectivity index (χ0) is 20.0. The predicted molar refractivity (Wildman–Crippen MR) is 99.1 cm³/mol. The minimum absolute atomic E-state index is 0.0569. The summed E-state index contributed by atoms with van der Waals surface area (Å²) in [4.78, 5) is 37.1. The van der Waals surface area contributed by atoms with Crippen molar-refractivity contribution in [1.82, 2.24) is 4.57 Å². The van der Waals surface area contributed by atoms with E-state index in [4.69, 9.17) is 8.83 Å². The van der Waals surface area contributed by atoms with Gasteiger partial charge in [-0.3, -0.25) is 9.59 Å². The quantitative estimate of drug-likeness (QED) is 0.414. The van der Waals surface area contributed by atoms with Crippen molar-refractivity contribution in [2.24, 2.45) is 5.18 Å². The van der Waals surface area contributed by atoms with Gasteiger partial charge in [-0.2, -0.15) is 0 Å². The van der Waals surface area contributed by atoms with Crippen LogP contribution in [0.5, 0.6) is 5.88 Å². The monoisotopic (exact) mass is 378 g/mol. The lowest BCUT2D eigenvalue weighted by atomic mass is 10.0. The number of aryl methyl sites for hydroxylation is 2. The van der Waals surface area contributed by atoms with Crippen molar-refractivity contribution in [3.8, 4) is 5.88 Å². The molecule has 0 saturated carbocycles. The standard InChI is InChI=1S/C20H14N2O6/c1-10-13(5-7-27-10)18(23)17-15-4-3-12(21-26)9-16(15)22(20(17)25)19(24)14-6-8-28-11(14)2/h3-9,25H,1-2H3. The fourth-order valence-electron chi connectivity index (χ4n) is 3.23. The zero-order valence-corrected chi connectivity index (χ0v) is 14.9. The Labute approximate surface area is 158 Å². The number of ketones is 1. The minimum atomic E-state index is -0.597. The first-order chi connectivity index (χ1) is 13.4. The second kappa shape index (κ2) is 6.34. The molecule has 0 fully saturated rings. The number of nitroso groups, excluding NO2 is 1. The molecule has 8 heteroatoms. The van der Waals surface area contributed by atoms with Crippen LogP contribution in [0.1, 0.15) is 37.8 Å². The van der Waals surface area contributed by atoms with Gasteiger partial charge in [-0.1, -0.05) is 0 Å². The van der Waals surface area contributed by atoms with Crippen LogP contribution >= 0.6 is 0 Å². The Morgan fingerprint density at radius 1 is 1.00 bits per heavy atom. The molecule has 4 aromatic rings. The molecule has 3 heterocycles. The van der Waals surface area contributed by atoms with E-state index in [9.17, 15) is 19.6 Å². The average Bonchev–Trinajstić information content (AvgIpc) is 3.37. The fraction of sp³-hybridized carbons (Fsp3) is 0.100. The van der Waals surface area contributed by atoms with Crippen LogP contribution in [0.3, 0.4) is 0 Å². The van der Waals surface area contributed by atoms with Crippen LogP contribution in [-0.4, -0.2) is 21.4 Å². The van der Waals surface area contributed by atoms with Gasteiger partial charge in [0.1, 0.15) is 17.2 Å². The smallest absolute Gasteiger partial charge is 0.268 e. The Morgan fingerprint density at radius 2 is 1.64 bits per heavy atom. The largest absolute Gasteiger partial charge is 0.494 e. The number of hydrogen-bond acceptors (Lipinski definition) is 7. The highest BCUT2D eigenvalue weighted by atomic mass is 16.3. The summed E-state index contributed by atoms with van der Waals surface area (Å²) in [6, 6.07) is 7.18. The molecule has 0 saturated heterocycles. The third-order valence-electron chi connectivity index (χ3n) is 4.66. The summed E-state index contributed by atoms with van der Waals surface area (Å²) in [5.74, 6) is -0.895. The van der Waals surface area contributed by atoms with E-state index in [1.54, 1.807) is 13.8 Å². The molecular weight excluding hydrogens is 364 g/mol. The van der Waals surface area contributed by atoms with Gasteiger partial charge >= 0.3 is 0 Å². The Bertz CT molecular complexity index is 1260. The van der Waals surface area contributed by atoms with Crippen LogP contribution < -0.4 is 0 Å². The van der Waals surface area contributed by atoms with E-state index in [1.165, 1.54) is 42.9 Å². The van der Waals surface area contributed by atoms with Gasteiger partial charge in [0.25, 0.3) is 5.91 Å². The SMILES string of the molecule is Cc1occc1C(=O)c1c(O)n(C(=O)c2ccoc2C)c2cc(N=O)ccc12. The number of fused-ring (bicyclic) bond motifs is 1. The van der Waals surface area contributed by atoms with E-state index in [0.717, 1.165) is 4.57 Å². The molecule has 8 nitrogen and oxygen atoms in total. The molecule has 140 valence electrons. The highest BCUT2D eigenvalue weighted by Crippen LogP contribution is 2.36. The lowest BCUT2D eigenvalue weighted by molar-refractivity contribution is 0.0955. The maximum atomic E-state index is 13.1. The highest BCUT2D eigenvalue weighted by Gasteiger charge is 2.29. The van der Waals surface area contributed by atoms with Gasteiger partial charge < -0.3 is 13.9 Å². The summed E-state index contributed by atoms with van der Waals surface area (Å²) in [7, 11) is 0. The normalized spacial score (nSPS) is 11.1. The summed E-state index contributed by atoms with van der Waals surface area (Å²) >= 11 is 0. The molecule has 4 rings (SSSR count). The van der Waals surface area contributed by atoms with E-state index < -0.39 is 17.6 Å². The second-order valence-corrected chi connectivity index (χ2v) is 6.24. The van der Waals surface area contributed by atoms with E-state index in [1.807, 2.05) is 0 Å². The van der Waals surface area contributed by atoms with Crippen molar-refractivity contribution < 1.29 is 23.5 Å². The van der Waals surface area contributed by atoms with E-state index in [2.05, 4.69) is 5.18 Å². The predicted octanol–water partition coefficient (Wildman–Crippen LogP) is 4.47. The number of aromatic hydroxyl groups is 1. The number of nitrogens with zero attached hydrogens (tertiary/aromatic N) is 2. The van der Waals surface area contributed by atoms with Gasteiger partial charge in [0.2, 0.25) is 11.7 Å². The number of rotatable bonds is 4. The molecule has 0 spiro atoms. The number of carbonyl (C=O) groups is 2. The summed E-state index contributed by atoms with van der Waals surface area (Å²) in [6.45, 7) is 3.23. The molecule has 1 aromatic carbocycles. The lowest BCUT2D eigenvalue weighted by Crippen LogP contribution is -2.12. The molecule has 0 radical (unpaired) electrons. The average molecular weight is 378 g/mol. The van der Waals surface area contributed by atoms with Gasteiger partial charge in [-0.05, 0) is 49.4 Å². The van der Waals surface area contributed by atoms with Crippen LogP contribution in [0.4, 0.5) is 5.69 Å². The molecule has 0 amide bonds. The van der Waals surface area contributed by atoms with Crippen molar-refractivity contribution in [1.29, 1.82) is 0 Å². The molecule has 0 bridgehead atoms. The number of furan rings is 2. The number of hydrogen-bond donors (Lipinski definition) is 1. The topological polar surface area (TPSA) is 115 Å². The van der Waals surface area contributed by atoms with E-state index in [0.29, 0.717) is 16.9 Å². The third-order valence-corrected chi connectivity index (χ3v) is 4.66. The maximum absolute atomic E-state index is 13.1. The molecule has 0 aliphatic heterocycles. The number of benzene rings is 1. The first-order valence-electron chi connectivity index (χ1n) is 8.32. The second-order valence-electron chi connectivity index (χ2n) is 6.24. The minimum Gasteiger partial charge on any atom is -0.494 e. The lowest BCUT2D eigenvalue weighted by Gasteiger charge is -2.05. The zero-order valence-electron chi connectivity index (χ0n) is 14.9. The van der Waals surface area contributed by atoms with Crippen molar-refractivity contribution in [2.45, 2.75) is 13.8 Å². The summed E-state index contributed by atoms with van der Waals surface area (Å²) in [5.41, 5.74) is 0.659. The Kier molecular flexibility index (Phi) is 3.96. The molecule has 0 aliphatic carbocycles. The summed E-state index contributed by atoms with van der Waals surface area (Å²) < 4.78 is 11.3. The summed E-state index contributed by atoms with van der Waals surface area (Å²) in [6.07, 6.45) is 2.72. The molecule has 28 heavy (non-hydrogen) atoms. The van der Waals surface area contributed by atoms with Crippen molar-refractivity contribution >= 4 is 28.3 Å². The van der Waals surface area contributed by atoms with Crippen molar-refractivity contribution in [3.63, 3.8) is 0 Å². The highest BCUT2D eigenvalue weighted by molar-refractivity contribution is 6.21. The first-order valence-corrected chi connectivity index (χ1v) is 8.32.